The number of rotatable bonds is 11. The lowest BCUT2D eigenvalue weighted by atomic mass is 10.1. The molecule has 8 heteroatoms. The SMILES string of the molecule is COc1cc(/C=N/NC(=O)CCCCCCC(=O)Nc2ccccc2O)ccc1O. The van der Waals surface area contributed by atoms with E-state index < -0.39 is 0 Å². The summed E-state index contributed by atoms with van der Waals surface area (Å²) in [5.74, 6) is 0.0849. The Morgan fingerprint density at radius 2 is 1.67 bits per heavy atom. The van der Waals surface area contributed by atoms with Gasteiger partial charge in [-0.05, 0) is 48.7 Å². The molecule has 2 amide bonds. The minimum atomic E-state index is -0.186. The maximum absolute atomic E-state index is 11.9. The Labute approximate surface area is 175 Å². The van der Waals surface area contributed by atoms with Crippen LogP contribution in [0.2, 0.25) is 0 Å². The van der Waals surface area contributed by atoms with E-state index >= 15 is 0 Å². The molecule has 0 radical (unpaired) electrons. The number of hydrogen-bond acceptors (Lipinski definition) is 6. The quantitative estimate of drug-likeness (QED) is 0.194. The fraction of sp³-hybridized carbons (Fsp3) is 0.318. The first kappa shape index (κ1) is 22.7. The van der Waals surface area contributed by atoms with Gasteiger partial charge in [0.05, 0.1) is 19.0 Å². The van der Waals surface area contributed by atoms with E-state index in [0.717, 1.165) is 12.8 Å². The Kier molecular flexibility index (Phi) is 9.18. The molecule has 0 bridgehead atoms. The highest BCUT2D eigenvalue weighted by Crippen LogP contribution is 2.25. The van der Waals surface area contributed by atoms with Crippen LogP contribution >= 0.6 is 0 Å². The zero-order chi connectivity index (χ0) is 21.8. The predicted molar refractivity (Wildman–Crippen MR) is 115 cm³/mol. The number of aromatic hydroxyl groups is 2. The Balaban J connectivity index is 1.57. The van der Waals surface area contributed by atoms with Crippen molar-refractivity contribution in [1.29, 1.82) is 0 Å². The van der Waals surface area contributed by atoms with E-state index in [1.807, 2.05) is 0 Å². The normalized spacial score (nSPS) is 10.7. The molecule has 0 aliphatic carbocycles. The fourth-order valence-electron chi connectivity index (χ4n) is 2.73. The number of para-hydroxylation sites is 2. The van der Waals surface area contributed by atoms with Crippen molar-refractivity contribution >= 4 is 23.7 Å². The first-order valence-electron chi connectivity index (χ1n) is 9.76. The highest BCUT2D eigenvalue weighted by Gasteiger charge is 2.06. The maximum Gasteiger partial charge on any atom is 0.240 e. The molecule has 2 aromatic carbocycles. The molecule has 0 atom stereocenters. The lowest BCUT2D eigenvalue weighted by molar-refractivity contribution is -0.121. The van der Waals surface area contributed by atoms with E-state index in [4.69, 9.17) is 4.74 Å². The predicted octanol–water partition coefficient (Wildman–Crippen LogP) is 3.54. The number of nitrogens with one attached hydrogen (secondary N) is 2. The minimum Gasteiger partial charge on any atom is -0.506 e. The Bertz CT molecular complexity index is 883. The van der Waals surface area contributed by atoms with E-state index in [1.165, 1.54) is 25.5 Å². The number of amides is 2. The van der Waals surface area contributed by atoms with Crippen molar-refractivity contribution in [3.05, 3.63) is 48.0 Å². The Morgan fingerprint density at radius 1 is 0.967 bits per heavy atom. The lowest BCUT2D eigenvalue weighted by Crippen LogP contribution is -2.16. The fourth-order valence-corrected chi connectivity index (χ4v) is 2.73. The summed E-state index contributed by atoms with van der Waals surface area (Å²) in [5, 5.41) is 25.8. The number of unbranched alkanes of at least 4 members (excludes halogenated alkanes) is 3. The number of nitrogens with zero attached hydrogens (tertiary/aromatic N) is 1. The summed E-state index contributed by atoms with van der Waals surface area (Å²) in [6.45, 7) is 0. The van der Waals surface area contributed by atoms with Crippen LogP contribution in [0.4, 0.5) is 5.69 Å². The average molecular weight is 413 g/mol. The molecule has 0 saturated heterocycles. The number of phenolic OH excluding ortho intramolecular Hbond substituents is 2. The van der Waals surface area contributed by atoms with Crippen LogP contribution in [0.15, 0.2) is 47.6 Å². The first-order valence-corrected chi connectivity index (χ1v) is 9.76. The summed E-state index contributed by atoms with van der Waals surface area (Å²) in [6.07, 6.45) is 5.26. The highest BCUT2D eigenvalue weighted by molar-refractivity contribution is 5.92. The molecule has 2 rings (SSSR count). The zero-order valence-corrected chi connectivity index (χ0v) is 16.9. The van der Waals surface area contributed by atoms with Gasteiger partial charge in [0.2, 0.25) is 11.8 Å². The molecule has 2 aromatic rings. The second-order valence-corrected chi connectivity index (χ2v) is 6.70. The Morgan fingerprint density at radius 3 is 2.37 bits per heavy atom. The van der Waals surface area contributed by atoms with Crippen LogP contribution in [-0.4, -0.2) is 35.4 Å². The molecule has 0 aromatic heterocycles. The van der Waals surface area contributed by atoms with Crippen molar-refractivity contribution in [2.45, 2.75) is 38.5 Å². The van der Waals surface area contributed by atoms with Crippen molar-refractivity contribution in [1.82, 2.24) is 5.43 Å². The molecule has 160 valence electrons. The topological polar surface area (TPSA) is 120 Å². The van der Waals surface area contributed by atoms with Crippen molar-refractivity contribution in [2.24, 2.45) is 5.10 Å². The number of hydrazone groups is 1. The van der Waals surface area contributed by atoms with Crippen LogP contribution in [0, 0.1) is 0 Å². The molecular formula is C22H27N3O5. The standard InChI is InChI=1S/C22H27N3O5/c1-30-20-14-16(12-13-19(20)27)15-23-25-22(29)11-5-3-2-4-10-21(28)24-17-8-6-7-9-18(17)26/h6-9,12-15,26-27H,2-5,10-11H2,1H3,(H,24,28)(H,25,29)/b23-15+. The second kappa shape index (κ2) is 12.1. The summed E-state index contributed by atoms with van der Waals surface area (Å²) in [7, 11) is 1.46. The molecule has 8 nitrogen and oxygen atoms in total. The van der Waals surface area contributed by atoms with Crippen LogP contribution in [0.1, 0.15) is 44.1 Å². The van der Waals surface area contributed by atoms with E-state index in [0.29, 0.717) is 42.7 Å². The van der Waals surface area contributed by atoms with Gasteiger partial charge in [-0.3, -0.25) is 9.59 Å². The van der Waals surface area contributed by atoms with Gasteiger partial charge in [-0.25, -0.2) is 5.43 Å². The summed E-state index contributed by atoms with van der Waals surface area (Å²) < 4.78 is 5.01. The van der Waals surface area contributed by atoms with Crippen molar-refractivity contribution in [2.75, 3.05) is 12.4 Å². The molecule has 30 heavy (non-hydrogen) atoms. The number of methoxy groups -OCH3 is 1. The third-order valence-electron chi connectivity index (χ3n) is 4.34. The average Bonchev–Trinajstić information content (AvgIpc) is 2.73. The number of phenols is 2. The second-order valence-electron chi connectivity index (χ2n) is 6.70. The lowest BCUT2D eigenvalue weighted by Gasteiger charge is -2.06. The molecular weight excluding hydrogens is 386 g/mol. The molecule has 0 spiro atoms. The summed E-state index contributed by atoms with van der Waals surface area (Å²) in [6, 6.07) is 11.4. The molecule has 4 N–H and O–H groups in total. The molecule has 0 fully saturated rings. The number of hydrogen-bond donors (Lipinski definition) is 4. The van der Waals surface area contributed by atoms with Gasteiger partial charge in [0.1, 0.15) is 5.75 Å². The third kappa shape index (κ3) is 7.83. The van der Waals surface area contributed by atoms with E-state index in [1.54, 1.807) is 30.3 Å². The van der Waals surface area contributed by atoms with Crippen molar-refractivity contribution < 1.29 is 24.5 Å². The number of carbonyl (C=O) groups is 2. The molecule has 0 heterocycles. The van der Waals surface area contributed by atoms with Gasteiger partial charge in [-0.1, -0.05) is 25.0 Å². The van der Waals surface area contributed by atoms with Gasteiger partial charge in [0.25, 0.3) is 0 Å². The molecule has 0 aliphatic rings. The van der Waals surface area contributed by atoms with Crippen LogP contribution in [0.25, 0.3) is 0 Å². The first-order chi connectivity index (χ1) is 14.5. The van der Waals surface area contributed by atoms with Crippen LogP contribution in [0.5, 0.6) is 17.2 Å². The van der Waals surface area contributed by atoms with E-state index in [2.05, 4.69) is 15.8 Å². The largest absolute Gasteiger partial charge is 0.506 e. The van der Waals surface area contributed by atoms with Gasteiger partial charge in [-0.2, -0.15) is 5.10 Å². The zero-order valence-electron chi connectivity index (χ0n) is 16.9. The number of anilines is 1. The number of benzene rings is 2. The van der Waals surface area contributed by atoms with Gasteiger partial charge in [-0.15, -0.1) is 0 Å². The van der Waals surface area contributed by atoms with Gasteiger partial charge in [0, 0.05) is 12.8 Å². The van der Waals surface area contributed by atoms with Gasteiger partial charge < -0.3 is 20.3 Å². The number of carbonyl (C=O) groups excluding carboxylic acids is 2. The van der Waals surface area contributed by atoms with Crippen molar-refractivity contribution in [3.8, 4) is 17.2 Å². The number of ether oxygens (including phenoxy) is 1. The van der Waals surface area contributed by atoms with Crippen LogP contribution in [-0.2, 0) is 9.59 Å². The summed E-state index contributed by atoms with van der Waals surface area (Å²) >= 11 is 0. The van der Waals surface area contributed by atoms with E-state index in [-0.39, 0.29) is 23.3 Å². The van der Waals surface area contributed by atoms with Crippen LogP contribution in [0.3, 0.4) is 0 Å². The molecule has 0 aliphatic heterocycles. The van der Waals surface area contributed by atoms with E-state index in [9.17, 15) is 19.8 Å². The third-order valence-corrected chi connectivity index (χ3v) is 4.34. The minimum absolute atomic E-state index is 0.0365. The molecule has 0 unspecified atom stereocenters. The monoisotopic (exact) mass is 413 g/mol. The Hall–Kier alpha value is -3.55. The highest BCUT2D eigenvalue weighted by atomic mass is 16.5. The van der Waals surface area contributed by atoms with Crippen LogP contribution < -0.4 is 15.5 Å². The van der Waals surface area contributed by atoms with Crippen molar-refractivity contribution in [3.63, 3.8) is 0 Å². The van der Waals surface area contributed by atoms with Gasteiger partial charge in [0.15, 0.2) is 11.5 Å². The summed E-state index contributed by atoms with van der Waals surface area (Å²) in [4.78, 5) is 23.7. The summed E-state index contributed by atoms with van der Waals surface area (Å²) in [5.41, 5.74) is 3.56. The smallest absolute Gasteiger partial charge is 0.240 e. The maximum atomic E-state index is 11.9. The van der Waals surface area contributed by atoms with Gasteiger partial charge >= 0.3 is 0 Å². The molecule has 0 saturated carbocycles.